The third-order valence-corrected chi connectivity index (χ3v) is 3.45. The number of carbonyl (C=O) groups is 1. The average molecular weight is 290 g/mol. The molecule has 0 atom stereocenters. The Morgan fingerprint density at radius 2 is 2.00 bits per heavy atom. The van der Waals surface area contributed by atoms with Gasteiger partial charge in [0.15, 0.2) is 0 Å². The van der Waals surface area contributed by atoms with E-state index in [2.05, 4.69) is 5.32 Å². The Bertz CT molecular complexity index is 626. The zero-order valence-corrected chi connectivity index (χ0v) is 12.2. The predicted octanol–water partition coefficient (Wildman–Crippen LogP) is 3.84. The van der Waals surface area contributed by atoms with E-state index >= 15 is 0 Å². The second-order valence-electron chi connectivity index (χ2n) is 4.49. The Hall–Kier alpha value is -2.00. The largest absolute Gasteiger partial charge is 0.497 e. The van der Waals surface area contributed by atoms with Crippen LogP contribution in [0.25, 0.3) is 0 Å². The van der Waals surface area contributed by atoms with Crippen LogP contribution in [0.3, 0.4) is 0 Å². The number of halogens is 1. The van der Waals surface area contributed by atoms with Gasteiger partial charge in [-0.05, 0) is 42.3 Å². The van der Waals surface area contributed by atoms with Crippen molar-refractivity contribution in [1.82, 2.24) is 0 Å². The highest BCUT2D eigenvalue weighted by Gasteiger charge is 2.08. The maximum Gasteiger partial charge on any atom is 0.228 e. The highest BCUT2D eigenvalue weighted by Crippen LogP contribution is 2.23. The molecule has 0 unspecified atom stereocenters. The molecule has 104 valence electrons. The fraction of sp³-hybridized carbons (Fsp3) is 0.188. The number of benzene rings is 2. The molecule has 0 bridgehead atoms. The van der Waals surface area contributed by atoms with Gasteiger partial charge in [0.2, 0.25) is 5.91 Å². The molecule has 0 heterocycles. The van der Waals surface area contributed by atoms with Gasteiger partial charge in [-0.2, -0.15) is 0 Å². The first-order valence-corrected chi connectivity index (χ1v) is 6.66. The van der Waals surface area contributed by atoms with Gasteiger partial charge in [0.25, 0.3) is 0 Å². The molecule has 4 heteroatoms. The first-order chi connectivity index (χ1) is 9.60. The van der Waals surface area contributed by atoms with E-state index in [0.717, 1.165) is 22.6 Å². The molecule has 2 aromatic carbocycles. The van der Waals surface area contributed by atoms with E-state index in [9.17, 15) is 4.79 Å². The Balaban J connectivity index is 2.07. The molecule has 0 fully saturated rings. The summed E-state index contributed by atoms with van der Waals surface area (Å²) in [6.45, 7) is 1.88. The minimum absolute atomic E-state index is 0.0800. The number of rotatable bonds is 4. The van der Waals surface area contributed by atoms with Crippen LogP contribution in [-0.2, 0) is 11.2 Å². The smallest absolute Gasteiger partial charge is 0.228 e. The summed E-state index contributed by atoms with van der Waals surface area (Å²) >= 11 is 6.03. The van der Waals surface area contributed by atoms with Crippen molar-refractivity contribution in [3.05, 3.63) is 58.6 Å². The van der Waals surface area contributed by atoms with Gasteiger partial charge < -0.3 is 10.1 Å². The van der Waals surface area contributed by atoms with Crippen LogP contribution in [0.2, 0.25) is 5.02 Å². The Kier molecular flexibility index (Phi) is 4.64. The summed E-state index contributed by atoms with van der Waals surface area (Å²) in [4.78, 5) is 12.0. The van der Waals surface area contributed by atoms with Crippen LogP contribution in [0, 0.1) is 6.92 Å². The van der Waals surface area contributed by atoms with Crippen LogP contribution in [0.1, 0.15) is 11.1 Å². The number of hydrogen-bond acceptors (Lipinski definition) is 2. The summed E-state index contributed by atoms with van der Waals surface area (Å²) in [6, 6.07) is 12.9. The molecule has 2 aromatic rings. The molecule has 3 nitrogen and oxygen atoms in total. The normalized spacial score (nSPS) is 10.2. The van der Waals surface area contributed by atoms with E-state index in [1.807, 2.05) is 43.3 Å². The number of anilines is 1. The Labute approximate surface area is 123 Å². The van der Waals surface area contributed by atoms with E-state index in [1.165, 1.54) is 0 Å². The number of hydrogen-bond donors (Lipinski definition) is 1. The van der Waals surface area contributed by atoms with Crippen LogP contribution in [0.5, 0.6) is 5.75 Å². The van der Waals surface area contributed by atoms with Crippen LogP contribution in [-0.4, -0.2) is 13.0 Å². The predicted molar refractivity (Wildman–Crippen MR) is 81.5 cm³/mol. The summed E-state index contributed by atoms with van der Waals surface area (Å²) in [5.41, 5.74) is 2.51. The van der Waals surface area contributed by atoms with Gasteiger partial charge >= 0.3 is 0 Å². The molecule has 20 heavy (non-hydrogen) atoms. The van der Waals surface area contributed by atoms with Gasteiger partial charge in [-0.15, -0.1) is 0 Å². The molecule has 0 spiro atoms. The van der Waals surface area contributed by atoms with Crippen LogP contribution in [0.15, 0.2) is 42.5 Å². The molecule has 1 N–H and O–H groups in total. The lowest BCUT2D eigenvalue weighted by Gasteiger charge is -2.10. The van der Waals surface area contributed by atoms with E-state index in [-0.39, 0.29) is 5.91 Å². The number of nitrogens with one attached hydrogen (secondary N) is 1. The summed E-state index contributed by atoms with van der Waals surface area (Å²) in [7, 11) is 1.61. The molecular weight excluding hydrogens is 274 g/mol. The molecule has 1 amide bonds. The average Bonchev–Trinajstić information content (AvgIpc) is 2.44. The van der Waals surface area contributed by atoms with Gasteiger partial charge in [0.05, 0.1) is 13.5 Å². The van der Waals surface area contributed by atoms with E-state index in [4.69, 9.17) is 16.3 Å². The minimum atomic E-state index is -0.0800. The molecule has 0 aliphatic rings. The van der Waals surface area contributed by atoms with Gasteiger partial charge in [-0.3, -0.25) is 4.79 Å². The third kappa shape index (κ3) is 3.52. The monoisotopic (exact) mass is 289 g/mol. The number of ether oxygens (including phenoxy) is 1. The van der Waals surface area contributed by atoms with Gasteiger partial charge in [-0.1, -0.05) is 29.8 Å². The fourth-order valence-electron chi connectivity index (χ4n) is 1.91. The fourth-order valence-corrected chi connectivity index (χ4v) is 2.08. The minimum Gasteiger partial charge on any atom is -0.497 e. The summed E-state index contributed by atoms with van der Waals surface area (Å²) in [5, 5.41) is 3.52. The molecule has 0 radical (unpaired) electrons. The van der Waals surface area contributed by atoms with E-state index in [0.29, 0.717) is 11.4 Å². The topological polar surface area (TPSA) is 38.3 Å². The zero-order chi connectivity index (χ0) is 14.5. The lowest BCUT2D eigenvalue weighted by atomic mass is 10.1. The van der Waals surface area contributed by atoms with Crippen molar-refractivity contribution in [3.63, 3.8) is 0 Å². The van der Waals surface area contributed by atoms with Gasteiger partial charge in [0, 0.05) is 10.7 Å². The number of carbonyl (C=O) groups excluding carboxylic acids is 1. The summed E-state index contributed by atoms with van der Waals surface area (Å²) in [6.07, 6.45) is 0.295. The van der Waals surface area contributed by atoms with Crippen LogP contribution < -0.4 is 10.1 Å². The van der Waals surface area contributed by atoms with Crippen molar-refractivity contribution in [3.8, 4) is 5.75 Å². The Morgan fingerprint density at radius 1 is 1.25 bits per heavy atom. The first kappa shape index (κ1) is 14.4. The molecule has 0 saturated heterocycles. The van der Waals surface area contributed by atoms with Crippen molar-refractivity contribution in [2.24, 2.45) is 0 Å². The van der Waals surface area contributed by atoms with Crippen molar-refractivity contribution >= 4 is 23.2 Å². The summed E-state index contributed by atoms with van der Waals surface area (Å²) < 4.78 is 5.14. The second kappa shape index (κ2) is 6.44. The highest BCUT2D eigenvalue weighted by atomic mass is 35.5. The van der Waals surface area contributed by atoms with Gasteiger partial charge in [-0.25, -0.2) is 0 Å². The SMILES string of the molecule is COc1cccc(CC(=O)Nc2cccc(Cl)c2C)c1. The Morgan fingerprint density at radius 3 is 2.75 bits per heavy atom. The maximum atomic E-state index is 12.0. The quantitative estimate of drug-likeness (QED) is 0.929. The highest BCUT2D eigenvalue weighted by molar-refractivity contribution is 6.31. The third-order valence-electron chi connectivity index (χ3n) is 3.04. The lowest BCUT2D eigenvalue weighted by molar-refractivity contribution is -0.115. The molecule has 0 saturated carbocycles. The molecule has 0 aromatic heterocycles. The van der Waals surface area contributed by atoms with E-state index in [1.54, 1.807) is 13.2 Å². The molecular formula is C16H16ClNO2. The molecule has 0 aliphatic heterocycles. The standard InChI is InChI=1S/C16H16ClNO2/c1-11-14(17)7-4-8-15(11)18-16(19)10-12-5-3-6-13(9-12)20-2/h3-9H,10H2,1-2H3,(H,18,19). The maximum absolute atomic E-state index is 12.0. The molecule has 0 aliphatic carbocycles. The molecule has 2 rings (SSSR count). The van der Waals surface area contributed by atoms with E-state index < -0.39 is 0 Å². The number of methoxy groups -OCH3 is 1. The summed E-state index contributed by atoms with van der Waals surface area (Å²) in [5.74, 6) is 0.665. The van der Waals surface area contributed by atoms with Gasteiger partial charge in [0.1, 0.15) is 5.75 Å². The van der Waals surface area contributed by atoms with Crippen LogP contribution >= 0.6 is 11.6 Å². The van der Waals surface area contributed by atoms with Crippen LogP contribution in [0.4, 0.5) is 5.69 Å². The second-order valence-corrected chi connectivity index (χ2v) is 4.90. The van der Waals surface area contributed by atoms with Crippen molar-refractivity contribution in [2.45, 2.75) is 13.3 Å². The first-order valence-electron chi connectivity index (χ1n) is 6.28. The van der Waals surface area contributed by atoms with Crippen molar-refractivity contribution in [2.75, 3.05) is 12.4 Å². The zero-order valence-electron chi connectivity index (χ0n) is 11.4. The lowest BCUT2D eigenvalue weighted by Crippen LogP contribution is -2.15. The van der Waals surface area contributed by atoms with Crippen molar-refractivity contribution in [1.29, 1.82) is 0 Å². The number of amides is 1. The van der Waals surface area contributed by atoms with Crippen molar-refractivity contribution < 1.29 is 9.53 Å².